The zero-order chi connectivity index (χ0) is 15.1. The van der Waals surface area contributed by atoms with Crippen LogP contribution in [0.3, 0.4) is 0 Å². The Morgan fingerprint density at radius 3 is 1.81 bits per heavy atom. The Balaban J connectivity index is 2.21. The van der Waals surface area contributed by atoms with Crippen LogP contribution in [0.25, 0.3) is 0 Å². The normalized spacial score (nSPS) is 10.9. The largest absolute Gasteiger partial charge is 0.435 e. The standard InChI is InChI=1S/C17H16O2S2/c1-3-16(18)19-17(2,20-14-10-6-4-7-11-14)21-15-12-8-5-9-13-15/h3-13H,1H2,2H3. The molecule has 0 radical (unpaired) electrons. The van der Waals surface area contributed by atoms with Crippen molar-refractivity contribution in [3.63, 3.8) is 0 Å². The molecule has 0 amide bonds. The fraction of sp³-hybridized carbons (Fsp3) is 0.118. The molecule has 0 spiro atoms. The second-order valence-electron chi connectivity index (χ2n) is 4.32. The number of carbonyl (C=O) groups is 1. The van der Waals surface area contributed by atoms with E-state index in [0.717, 1.165) is 9.79 Å². The fourth-order valence-corrected chi connectivity index (χ4v) is 4.13. The molecule has 0 aliphatic carbocycles. The Kier molecular flexibility index (Phi) is 5.53. The first-order chi connectivity index (χ1) is 10.1. The number of hydrogen-bond acceptors (Lipinski definition) is 4. The number of thioether (sulfide) groups is 2. The van der Waals surface area contributed by atoms with Gasteiger partial charge >= 0.3 is 5.97 Å². The summed E-state index contributed by atoms with van der Waals surface area (Å²) in [6.45, 7) is 5.36. The van der Waals surface area contributed by atoms with E-state index in [9.17, 15) is 4.79 Å². The Morgan fingerprint density at radius 1 is 1.00 bits per heavy atom. The summed E-state index contributed by atoms with van der Waals surface area (Å²) < 4.78 is 4.81. The first-order valence-electron chi connectivity index (χ1n) is 6.45. The average Bonchev–Trinajstić information content (AvgIpc) is 2.48. The molecule has 2 rings (SSSR count). The van der Waals surface area contributed by atoms with Crippen molar-refractivity contribution in [2.45, 2.75) is 21.0 Å². The van der Waals surface area contributed by atoms with Crippen molar-refractivity contribution in [3.05, 3.63) is 73.3 Å². The number of carbonyl (C=O) groups excluding carboxylic acids is 1. The zero-order valence-corrected chi connectivity index (χ0v) is 13.3. The minimum atomic E-state index is -0.756. The van der Waals surface area contributed by atoms with E-state index in [1.165, 1.54) is 29.6 Å². The molecule has 0 N–H and O–H groups in total. The maximum atomic E-state index is 11.6. The number of ether oxygens (including phenoxy) is 1. The van der Waals surface area contributed by atoms with Crippen molar-refractivity contribution in [2.24, 2.45) is 0 Å². The predicted molar refractivity (Wildman–Crippen MR) is 89.3 cm³/mol. The van der Waals surface area contributed by atoms with Gasteiger partial charge in [-0.3, -0.25) is 0 Å². The van der Waals surface area contributed by atoms with Gasteiger partial charge < -0.3 is 4.74 Å². The lowest BCUT2D eigenvalue weighted by molar-refractivity contribution is -0.139. The highest BCUT2D eigenvalue weighted by atomic mass is 32.2. The summed E-state index contributed by atoms with van der Waals surface area (Å²) in [5.74, 6) is -0.427. The van der Waals surface area contributed by atoms with Crippen LogP contribution in [0, 0.1) is 0 Å². The summed E-state index contributed by atoms with van der Waals surface area (Å²) >= 11 is 3.00. The molecule has 0 saturated heterocycles. The summed E-state index contributed by atoms with van der Waals surface area (Å²) in [6, 6.07) is 19.8. The topological polar surface area (TPSA) is 26.3 Å². The molecule has 0 aromatic heterocycles. The molecule has 2 aromatic rings. The van der Waals surface area contributed by atoms with Crippen LogP contribution in [-0.4, -0.2) is 10.2 Å². The summed E-state index contributed by atoms with van der Waals surface area (Å²) in [4.78, 5) is 13.7. The SMILES string of the molecule is C=CC(=O)OC(C)(Sc1ccccc1)Sc1ccccc1. The van der Waals surface area contributed by atoms with Crippen LogP contribution < -0.4 is 0 Å². The van der Waals surface area contributed by atoms with Gasteiger partial charge in [-0.2, -0.15) is 0 Å². The lowest BCUT2D eigenvalue weighted by atomic mass is 10.4. The molecule has 0 atom stereocenters. The predicted octanol–water partition coefficient (Wildman–Crippen LogP) is 4.97. The molecule has 0 bridgehead atoms. The van der Waals surface area contributed by atoms with Crippen LogP contribution >= 0.6 is 23.5 Å². The van der Waals surface area contributed by atoms with Gasteiger partial charge in [0.15, 0.2) is 0 Å². The molecule has 0 aliphatic rings. The zero-order valence-electron chi connectivity index (χ0n) is 11.7. The van der Waals surface area contributed by atoms with Gasteiger partial charge in [-0.05, 0) is 31.2 Å². The van der Waals surface area contributed by atoms with E-state index in [-0.39, 0.29) is 0 Å². The average molecular weight is 316 g/mol. The van der Waals surface area contributed by atoms with E-state index in [2.05, 4.69) is 6.58 Å². The Labute approximate surface area is 133 Å². The molecule has 2 aromatic carbocycles. The van der Waals surface area contributed by atoms with Crippen LogP contribution in [-0.2, 0) is 9.53 Å². The second-order valence-corrected chi connectivity index (χ2v) is 7.49. The van der Waals surface area contributed by atoms with E-state index >= 15 is 0 Å². The Hall–Kier alpha value is -1.65. The van der Waals surface area contributed by atoms with Crippen molar-refractivity contribution in [3.8, 4) is 0 Å². The molecule has 108 valence electrons. The summed E-state index contributed by atoms with van der Waals surface area (Å²) in [7, 11) is 0. The van der Waals surface area contributed by atoms with Crippen LogP contribution in [0.15, 0.2) is 83.1 Å². The minimum absolute atomic E-state index is 0.427. The number of esters is 1. The molecular weight excluding hydrogens is 300 g/mol. The van der Waals surface area contributed by atoms with Crippen molar-refractivity contribution in [1.29, 1.82) is 0 Å². The monoisotopic (exact) mass is 316 g/mol. The highest BCUT2D eigenvalue weighted by molar-refractivity contribution is 8.18. The summed E-state index contributed by atoms with van der Waals surface area (Å²) in [5.41, 5.74) is 0. The molecule has 0 fully saturated rings. The van der Waals surface area contributed by atoms with Gasteiger partial charge in [0.05, 0.1) is 0 Å². The molecule has 0 aliphatic heterocycles. The third-order valence-electron chi connectivity index (χ3n) is 2.55. The maximum absolute atomic E-state index is 11.6. The van der Waals surface area contributed by atoms with Crippen LogP contribution in [0.1, 0.15) is 6.92 Å². The van der Waals surface area contributed by atoms with Gasteiger partial charge in [0, 0.05) is 15.9 Å². The van der Waals surface area contributed by atoms with Crippen LogP contribution in [0.2, 0.25) is 0 Å². The lowest BCUT2D eigenvalue weighted by Crippen LogP contribution is -2.23. The number of benzene rings is 2. The Bertz CT molecular complexity index is 555. The van der Waals surface area contributed by atoms with Gasteiger partial charge in [-0.1, -0.05) is 66.5 Å². The molecule has 0 saturated carbocycles. The van der Waals surface area contributed by atoms with Gasteiger partial charge in [-0.25, -0.2) is 4.79 Å². The first-order valence-corrected chi connectivity index (χ1v) is 8.08. The van der Waals surface area contributed by atoms with Crippen molar-refractivity contribution in [2.75, 3.05) is 0 Å². The van der Waals surface area contributed by atoms with Crippen molar-refractivity contribution >= 4 is 29.5 Å². The van der Waals surface area contributed by atoms with Gasteiger partial charge in [0.25, 0.3) is 0 Å². The first kappa shape index (κ1) is 15.7. The molecule has 0 unspecified atom stereocenters. The highest BCUT2D eigenvalue weighted by Crippen LogP contribution is 2.46. The lowest BCUT2D eigenvalue weighted by Gasteiger charge is -2.27. The molecule has 2 nitrogen and oxygen atoms in total. The molecule has 4 heteroatoms. The molecular formula is C17H16O2S2. The van der Waals surface area contributed by atoms with E-state index in [4.69, 9.17) is 4.74 Å². The molecule has 21 heavy (non-hydrogen) atoms. The van der Waals surface area contributed by atoms with Crippen LogP contribution in [0.5, 0.6) is 0 Å². The van der Waals surface area contributed by atoms with E-state index in [0.29, 0.717) is 0 Å². The van der Waals surface area contributed by atoms with E-state index in [1.807, 2.05) is 67.6 Å². The third-order valence-corrected chi connectivity index (χ3v) is 4.97. The molecule has 0 heterocycles. The fourth-order valence-electron chi connectivity index (χ4n) is 1.69. The quantitative estimate of drug-likeness (QED) is 0.325. The smallest absolute Gasteiger partial charge is 0.332 e. The highest BCUT2D eigenvalue weighted by Gasteiger charge is 2.31. The Morgan fingerprint density at radius 2 is 1.43 bits per heavy atom. The van der Waals surface area contributed by atoms with Crippen molar-refractivity contribution < 1.29 is 9.53 Å². The van der Waals surface area contributed by atoms with Gasteiger partial charge in [0.1, 0.15) is 0 Å². The number of hydrogen-bond donors (Lipinski definition) is 0. The summed E-state index contributed by atoms with van der Waals surface area (Å²) in [6.07, 6.45) is 1.19. The van der Waals surface area contributed by atoms with Gasteiger partial charge in [-0.15, -0.1) is 0 Å². The van der Waals surface area contributed by atoms with E-state index in [1.54, 1.807) is 0 Å². The van der Waals surface area contributed by atoms with Crippen LogP contribution in [0.4, 0.5) is 0 Å². The summed E-state index contributed by atoms with van der Waals surface area (Å²) in [5, 5.41) is 0. The number of rotatable bonds is 6. The maximum Gasteiger partial charge on any atom is 0.332 e. The van der Waals surface area contributed by atoms with Gasteiger partial charge in [0.2, 0.25) is 4.27 Å². The van der Waals surface area contributed by atoms with E-state index < -0.39 is 10.2 Å². The minimum Gasteiger partial charge on any atom is -0.435 e. The van der Waals surface area contributed by atoms with Crippen molar-refractivity contribution in [1.82, 2.24) is 0 Å². The third kappa shape index (κ3) is 4.99. The second kappa shape index (κ2) is 7.38.